The highest BCUT2D eigenvalue weighted by Crippen LogP contribution is 2.33. The van der Waals surface area contributed by atoms with Crippen LogP contribution in [0.15, 0.2) is 11.4 Å². The predicted octanol–water partition coefficient (Wildman–Crippen LogP) is 4.58. The molecule has 8 heteroatoms. The van der Waals surface area contributed by atoms with Crippen LogP contribution in [0.5, 0.6) is 0 Å². The van der Waals surface area contributed by atoms with Gasteiger partial charge in [0.25, 0.3) is 0 Å². The van der Waals surface area contributed by atoms with Crippen molar-refractivity contribution in [2.24, 2.45) is 11.0 Å². The van der Waals surface area contributed by atoms with Crippen LogP contribution in [0.1, 0.15) is 95.2 Å². The van der Waals surface area contributed by atoms with Gasteiger partial charge < -0.3 is 9.80 Å². The quantitative estimate of drug-likeness (QED) is 0.669. The Balaban J connectivity index is 1.18. The summed E-state index contributed by atoms with van der Waals surface area (Å²) in [6, 6.07) is 0.321. The minimum absolute atomic E-state index is 0.0792. The van der Waals surface area contributed by atoms with Crippen molar-refractivity contribution in [3.8, 4) is 0 Å². The van der Waals surface area contributed by atoms with Gasteiger partial charge in [-0.1, -0.05) is 51.4 Å². The molecule has 33 heavy (non-hydrogen) atoms. The van der Waals surface area contributed by atoms with Crippen LogP contribution < -0.4 is 4.90 Å². The summed E-state index contributed by atoms with van der Waals surface area (Å²) >= 11 is 0. The molecule has 8 nitrogen and oxygen atoms in total. The molecule has 1 aromatic rings. The normalized spacial score (nSPS) is 25.8. The van der Waals surface area contributed by atoms with E-state index < -0.39 is 0 Å². The summed E-state index contributed by atoms with van der Waals surface area (Å²) in [7, 11) is 0. The molecule has 2 saturated carbocycles. The van der Waals surface area contributed by atoms with E-state index in [9.17, 15) is 4.79 Å². The largest absolute Gasteiger partial charge is 0.340 e. The smallest absolute Gasteiger partial charge is 0.337 e. The molecular weight excluding hydrogens is 414 g/mol. The van der Waals surface area contributed by atoms with Gasteiger partial charge in [0.1, 0.15) is 12.2 Å². The standard InChI is InChI=1S/C25H39N7O/c33-25(32-22(13-14-28-32)20-9-5-3-1-2-4-6-10-20)31-17-15-30(16-18-31)24-27-19-26-23(29-24)21-11-7-8-12-21/h14,19-22H,1-13,15-18H2. The predicted molar refractivity (Wildman–Crippen MR) is 129 cm³/mol. The minimum atomic E-state index is 0.0792. The first-order valence-electron chi connectivity index (χ1n) is 13.3. The zero-order valence-corrected chi connectivity index (χ0v) is 19.9. The van der Waals surface area contributed by atoms with Gasteiger partial charge >= 0.3 is 6.03 Å². The summed E-state index contributed by atoms with van der Waals surface area (Å²) in [4.78, 5) is 31.3. The number of rotatable bonds is 3. The van der Waals surface area contributed by atoms with E-state index in [4.69, 9.17) is 4.98 Å². The van der Waals surface area contributed by atoms with Gasteiger partial charge in [0.05, 0.1) is 6.04 Å². The molecule has 1 atom stereocenters. The van der Waals surface area contributed by atoms with Gasteiger partial charge in [-0.05, 0) is 31.6 Å². The van der Waals surface area contributed by atoms with E-state index in [1.54, 1.807) is 6.33 Å². The van der Waals surface area contributed by atoms with Gasteiger partial charge in [-0.25, -0.2) is 19.8 Å². The molecule has 180 valence electrons. The summed E-state index contributed by atoms with van der Waals surface area (Å²) in [5, 5.41) is 6.37. The molecule has 2 amide bonds. The van der Waals surface area contributed by atoms with Crippen molar-refractivity contribution >= 4 is 18.2 Å². The van der Waals surface area contributed by atoms with E-state index in [-0.39, 0.29) is 12.1 Å². The summed E-state index contributed by atoms with van der Waals surface area (Å²) in [5.41, 5.74) is 0. The number of hydrogen-bond acceptors (Lipinski definition) is 6. The molecule has 3 heterocycles. The fraction of sp³-hybridized carbons (Fsp3) is 0.800. The maximum Gasteiger partial charge on any atom is 0.340 e. The van der Waals surface area contributed by atoms with E-state index in [0.29, 0.717) is 24.9 Å². The number of hydrogen-bond donors (Lipinski definition) is 0. The first kappa shape index (κ1) is 22.5. The van der Waals surface area contributed by atoms with Gasteiger partial charge in [-0.3, -0.25) is 0 Å². The Morgan fingerprint density at radius 1 is 0.818 bits per heavy atom. The zero-order valence-electron chi connectivity index (χ0n) is 19.9. The van der Waals surface area contributed by atoms with Crippen molar-refractivity contribution < 1.29 is 4.79 Å². The molecule has 1 aromatic heterocycles. The van der Waals surface area contributed by atoms with Crippen LogP contribution in [-0.2, 0) is 0 Å². The Bertz CT molecular complexity index is 807. The Labute approximate surface area is 197 Å². The summed E-state index contributed by atoms with van der Waals surface area (Å²) < 4.78 is 0. The van der Waals surface area contributed by atoms with Gasteiger partial charge in [0.15, 0.2) is 0 Å². The van der Waals surface area contributed by atoms with Crippen molar-refractivity contribution in [1.82, 2.24) is 24.9 Å². The lowest BCUT2D eigenvalue weighted by Crippen LogP contribution is -2.54. The van der Waals surface area contributed by atoms with Crippen LogP contribution in [0.4, 0.5) is 10.7 Å². The molecule has 0 radical (unpaired) electrons. The second-order valence-corrected chi connectivity index (χ2v) is 10.3. The Morgan fingerprint density at radius 2 is 1.48 bits per heavy atom. The average Bonchev–Trinajstić information content (AvgIpc) is 3.58. The fourth-order valence-electron chi connectivity index (χ4n) is 6.14. The minimum Gasteiger partial charge on any atom is -0.337 e. The van der Waals surface area contributed by atoms with E-state index in [2.05, 4.69) is 20.0 Å². The van der Waals surface area contributed by atoms with Crippen LogP contribution >= 0.6 is 0 Å². The molecule has 2 aliphatic heterocycles. The van der Waals surface area contributed by atoms with Gasteiger partial charge in [-0.2, -0.15) is 10.1 Å². The van der Waals surface area contributed by atoms with Gasteiger partial charge in [-0.15, -0.1) is 0 Å². The molecule has 1 saturated heterocycles. The Morgan fingerprint density at radius 3 is 2.21 bits per heavy atom. The Hall–Kier alpha value is -2.25. The zero-order chi connectivity index (χ0) is 22.5. The second kappa shape index (κ2) is 10.8. The highest BCUT2D eigenvalue weighted by molar-refractivity contribution is 5.78. The number of urea groups is 1. The summed E-state index contributed by atoms with van der Waals surface area (Å²) in [5.74, 6) is 2.77. The molecule has 0 N–H and O–H groups in total. The number of carbonyl (C=O) groups excluding carboxylic acids is 1. The first-order valence-corrected chi connectivity index (χ1v) is 13.3. The molecule has 0 aromatic carbocycles. The molecular formula is C25H39N7O. The Kier molecular flexibility index (Phi) is 7.37. The highest BCUT2D eigenvalue weighted by Gasteiger charge is 2.36. The fourth-order valence-corrected chi connectivity index (χ4v) is 6.14. The van der Waals surface area contributed by atoms with Crippen molar-refractivity contribution in [1.29, 1.82) is 0 Å². The topological polar surface area (TPSA) is 77.8 Å². The van der Waals surface area contributed by atoms with Crippen LogP contribution in [0.25, 0.3) is 0 Å². The van der Waals surface area contributed by atoms with Gasteiger partial charge in [0, 0.05) is 44.7 Å². The third kappa shape index (κ3) is 5.30. The maximum atomic E-state index is 13.4. The van der Waals surface area contributed by atoms with Crippen LogP contribution in [0.3, 0.4) is 0 Å². The van der Waals surface area contributed by atoms with E-state index in [0.717, 1.165) is 31.3 Å². The second-order valence-electron chi connectivity index (χ2n) is 10.3. The molecule has 1 unspecified atom stereocenters. The SMILES string of the molecule is O=C(N1CCN(c2ncnc(C3CCCC3)n2)CC1)N1N=CCC1C1CCCCCCCC1. The van der Waals surface area contributed by atoms with Crippen molar-refractivity contribution in [2.75, 3.05) is 31.1 Å². The third-order valence-corrected chi connectivity index (χ3v) is 8.14. The monoisotopic (exact) mass is 453 g/mol. The number of piperazine rings is 1. The lowest BCUT2D eigenvalue weighted by Gasteiger charge is -2.38. The number of anilines is 1. The number of hydrazone groups is 1. The molecule has 3 fully saturated rings. The first-order chi connectivity index (χ1) is 16.3. The molecule has 2 aliphatic carbocycles. The summed E-state index contributed by atoms with van der Waals surface area (Å²) in [6.07, 6.45) is 19.9. The van der Waals surface area contributed by atoms with E-state index in [1.807, 2.05) is 16.1 Å². The number of amides is 2. The number of carbonyl (C=O) groups is 1. The number of nitrogens with zero attached hydrogens (tertiary/aromatic N) is 7. The highest BCUT2D eigenvalue weighted by atomic mass is 16.2. The number of aromatic nitrogens is 3. The molecule has 5 rings (SSSR count). The van der Waals surface area contributed by atoms with Crippen LogP contribution in [0.2, 0.25) is 0 Å². The summed E-state index contributed by atoms with van der Waals surface area (Å²) in [6.45, 7) is 2.89. The van der Waals surface area contributed by atoms with E-state index in [1.165, 1.54) is 77.0 Å². The van der Waals surface area contributed by atoms with Crippen molar-refractivity contribution in [3.63, 3.8) is 0 Å². The molecule has 4 aliphatic rings. The molecule has 0 spiro atoms. The maximum absolute atomic E-state index is 13.4. The van der Waals surface area contributed by atoms with Crippen LogP contribution in [-0.4, -0.2) is 69.3 Å². The van der Waals surface area contributed by atoms with Crippen molar-refractivity contribution in [2.45, 2.75) is 95.4 Å². The average molecular weight is 454 g/mol. The van der Waals surface area contributed by atoms with Gasteiger partial charge in [0.2, 0.25) is 5.95 Å². The molecule has 0 bridgehead atoms. The van der Waals surface area contributed by atoms with E-state index >= 15 is 0 Å². The third-order valence-electron chi connectivity index (χ3n) is 8.14. The lowest BCUT2D eigenvalue weighted by molar-refractivity contribution is 0.117. The van der Waals surface area contributed by atoms with Crippen LogP contribution in [0, 0.1) is 5.92 Å². The van der Waals surface area contributed by atoms with Crippen molar-refractivity contribution in [3.05, 3.63) is 12.2 Å². The lowest BCUT2D eigenvalue weighted by atomic mass is 9.88.